The number of carbonyl (C=O) groups excluding carboxylic acids is 12. The van der Waals surface area contributed by atoms with Crippen molar-refractivity contribution in [2.24, 2.45) is 41.4 Å². The maximum atomic E-state index is 15.5. The Hall–Kier alpha value is -9.76. The molecule has 0 saturated heterocycles. The molecular weight excluding hydrogens is 1470 g/mol. The Morgan fingerprint density at radius 1 is 0.417 bits per heavy atom. The van der Waals surface area contributed by atoms with E-state index in [1.807, 2.05) is 152 Å². The minimum absolute atomic E-state index is 0.00601. The van der Waals surface area contributed by atoms with Crippen LogP contribution in [0.2, 0.25) is 0 Å². The molecule has 0 aliphatic heterocycles. The minimum atomic E-state index is -1.74. The Labute approximate surface area is 682 Å². The van der Waals surface area contributed by atoms with E-state index in [9.17, 15) is 43.5 Å². The maximum absolute atomic E-state index is 15.5. The summed E-state index contributed by atoms with van der Waals surface area (Å²) in [7, 11) is 9.92. The molecule has 4 aromatic rings. The predicted molar refractivity (Wildman–Crippen MR) is 441 cm³/mol. The van der Waals surface area contributed by atoms with Crippen molar-refractivity contribution in [2.45, 2.75) is 229 Å². The Bertz CT molecular complexity index is 3870. The zero-order chi connectivity index (χ0) is 86.2. The van der Waals surface area contributed by atoms with E-state index in [4.69, 9.17) is 14.2 Å². The Morgan fingerprint density at radius 3 is 1.34 bits per heavy atom. The molecule has 0 spiro atoms. The summed E-state index contributed by atoms with van der Waals surface area (Å²) in [4.78, 5) is 183. The number of nitrogens with zero attached hydrogens (tertiary/aromatic N) is 7. The van der Waals surface area contributed by atoms with Crippen LogP contribution in [0.4, 0.5) is 4.79 Å². The monoisotopic (exact) mass is 1600 g/mol. The number of hydrogen-bond donors (Lipinski definition) is 5. The lowest BCUT2D eigenvalue weighted by Crippen LogP contribution is -2.63. The summed E-state index contributed by atoms with van der Waals surface area (Å²) in [6.45, 7) is 27.6. The molecule has 27 heteroatoms. The number of likely N-dealkylation sites (N-methyl/N-ethyl adjacent to an activating group) is 7. The number of esters is 1. The summed E-state index contributed by atoms with van der Waals surface area (Å²) in [5.74, 6) is -10.3. The molecule has 1 aliphatic carbocycles. The number of aliphatic hydroxyl groups is 1. The highest BCUT2D eigenvalue weighted by Gasteiger charge is 2.46. The van der Waals surface area contributed by atoms with Crippen LogP contribution in [0, 0.1) is 41.4 Å². The third-order valence-corrected chi connectivity index (χ3v) is 21.3. The van der Waals surface area contributed by atoms with E-state index >= 15 is 19.2 Å². The van der Waals surface area contributed by atoms with Gasteiger partial charge in [-0.1, -0.05) is 206 Å². The van der Waals surface area contributed by atoms with Gasteiger partial charge in [0.1, 0.15) is 73.6 Å². The summed E-state index contributed by atoms with van der Waals surface area (Å²) < 4.78 is 17.3. The second kappa shape index (κ2) is 44.9. The number of amides is 11. The molecule has 0 unspecified atom stereocenters. The van der Waals surface area contributed by atoms with Gasteiger partial charge in [-0.2, -0.15) is 0 Å². The van der Waals surface area contributed by atoms with Gasteiger partial charge in [-0.15, -0.1) is 0 Å². The molecule has 0 heterocycles. The number of aliphatic hydroxyl groups excluding tert-OH is 1. The molecule has 11 amide bonds. The second-order valence-corrected chi connectivity index (χ2v) is 33.3. The number of ether oxygens (including phenoxy) is 3. The fourth-order valence-electron chi connectivity index (χ4n) is 14.6. The zero-order valence-corrected chi connectivity index (χ0v) is 72.1. The van der Waals surface area contributed by atoms with Gasteiger partial charge in [0, 0.05) is 61.2 Å². The predicted octanol–water partition coefficient (Wildman–Crippen LogP) is 8.67. The van der Waals surface area contributed by atoms with E-state index in [0.29, 0.717) is 0 Å². The van der Waals surface area contributed by atoms with Gasteiger partial charge in [0.05, 0.1) is 25.9 Å². The van der Waals surface area contributed by atoms with Gasteiger partial charge in [-0.05, 0) is 115 Å². The summed E-state index contributed by atoms with van der Waals surface area (Å²) in [5.41, 5.74) is 5.74. The normalized spacial score (nSPS) is 15.1. The fraction of sp³-hybridized carbons (Fsp3) is 0.591. The molecule has 1 aliphatic rings. The third-order valence-electron chi connectivity index (χ3n) is 21.3. The number of carbonyl (C=O) groups is 12. The van der Waals surface area contributed by atoms with E-state index in [1.54, 1.807) is 53.7 Å². The van der Waals surface area contributed by atoms with Crippen LogP contribution in [0.1, 0.15) is 171 Å². The van der Waals surface area contributed by atoms with E-state index in [0.717, 1.165) is 43.2 Å². The Morgan fingerprint density at radius 2 is 0.852 bits per heavy atom. The molecule has 27 nitrogen and oxygen atoms in total. The van der Waals surface area contributed by atoms with Crippen LogP contribution in [-0.2, 0) is 80.2 Å². The van der Waals surface area contributed by atoms with Gasteiger partial charge >= 0.3 is 12.1 Å². The molecule has 0 bridgehead atoms. The molecule has 5 N–H and O–H groups in total. The Kier molecular flexibility index (Phi) is 37.4. The van der Waals surface area contributed by atoms with Crippen molar-refractivity contribution in [3.63, 3.8) is 0 Å². The third kappa shape index (κ3) is 26.6. The second-order valence-electron chi connectivity index (χ2n) is 33.3. The average Bonchev–Trinajstić information content (AvgIpc) is 1.64. The number of rotatable bonds is 43. The van der Waals surface area contributed by atoms with Gasteiger partial charge in [-0.3, -0.25) is 47.9 Å². The first kappa shape index (κ1) is 95.8. The van der Waals surface area contributed by atoms with Crippen molar-refractivity contribution in [3.8, 4) is 11.1 Å². The highest BCUT2D eigenvalue weighted by Crippen LogP contribution is 2.44. The van der Waals surface area contributed by atoms with Crippen molar-refractivity contribution in [2.75, 3.05) is 69.1 Å². The molecule has 115 heavy (non-hydrogen) atoms. The van der Waals surface area contributed by atoms with Crippen LogP contribution >= 0.6 is 0 Å². The molecule has 4 aromatic carbocycles. The molecule has 0 saturated carbocycles. The first-order chi connectivity index (χ1) is 54.1. The number of fused-ring (bicyclic) bond motifs is 3. The summed E-state index contributed by atoms with van der Waals surface area (Å²) in [6.07, 6.45) is -1.90. The van der Waals surface area contributed by atoms with Crippen molar-refractivity contribution in [3.05, 3.63) is 131 Å². The number of alkyl carbamates (subject to hydrolysis) is 1. The van der Waals surface area contributed by atoms with Gasteiger partial charge in [-0.25, -0.2) is 9.59 Å². The highest BCUT2D eigenvalue weighted by molar-refractivity contribution is 5.99. The molecular formula is C88H131N11O16. The van der Waals surface area contributed by atoms with E-state index < -0.39 is 162 Å². The average molecular weight is 1600 g/mol. The lowest BCUT2D eigenvalue weighted by Gasteiger charge is -2.41. The van der Waals surface area contributed by atoms with Gasteiger partial charge in [0.2, 0.25) is 59.1 Å². The lowest BCUT2D eigenvalue weighted by molar-refractivity contribution is -0.157. The molecule has 0 fully saturated rings. The maximum Gasteiger partial charge on any atom is 0.407 e. The van der Waals surface area contributed by atoms with Gasteiger partial charge in [0.15, 0.2) is 0 Å². The van der Waals surface area contributed by atoms with Crippen LogP contribution in [0.25, 0.3) is 11.1 Å². The molecule has 0 radical (unpaired) electrons. The van der Waals surface area contributed by atoms with Crippen LogP contribution in [0.15, 0.2) is 109 Å². The van der Waals surface area contributed by atoms with Gasteiger partial charge < -0.3 is 74.9 Å². The van der Waals surface area contributed by atoms with Crippen molar-refractivity contribution >= 4 is 71.1 Å². The number of nitrogens with one attached hydrogen (secondary N) is 4. The van der Waals surface area contributed by atoms with Gasteiger partial charge in [0.25, 0.3) is 0 Å². The van der Waals surface area contributed by atoms with E-state index in [1.165, 1.54) is 87.7 Å². The number of benzene rings is 4. The highest BCUT2D eigenvalue weighted by atomic mass is 16.5. The van der Waals surface area contributed by atoms with Crippen LogP contribution in [0.3, 0.4) is 0 Å². The van der Waals surface area contributed by atoms with Crippen LogP contribution < -0.4 is 21.3 Å². The molecule has 0 aromatic heterocycles. The fourth-order valence-corrected chi connectivity index (χ4v) is 14.6. The first-order valence-corrected chi connectivity index (χ1v) is 40.4. The smallest absolute Gasteiger partial charge is 0.407 e. The van der Waals surface area contributed by atoms with E-state index in [2.05, 4.69) is 21.3 Å². The topological polar surface area (TPSA) is 324 Å². The lowest BCUT2D eigenvalue weighted by atomic mass is 9.93. The summed E-state index contributed by atoms with van der Waals surface area (Å²) in [6, 6.07) is 21.8. The molecule has 634 valence electrons. The Balaban J connectivity index is 1.35. The SMILES string of the molecule is CC[C@H](NC(=O)[C@H]([C@H](O)[C@H](C)COCc1ccccc1)N(C)C(=O)[C@H](C(C)C)N(C)C(=O)[C@H](CC(C)C)N(C)C(=O)[C@H](CC(C)C)N(C)C(=O)[C@@H](C)NC(=O)OCC1c2ccccc2-c2ccccc21)C(=O)N(C)CC(=O)N(C)[C@@H](CC(C)C)C(=O)N[C@H](C(=O)N(C)[C@@H](CC(C)C)C(=O)N[C@@H](C)C(=O)OCc1ccccc1)C(C)C. The zero-order valence-electron chi connectivity index (χ0n) is 72.1. The largest absolute Gasteiger partial charge is 0.459 e. The van der Waals surface area contributed by atoms with E-state index in [-0.39, 0.29) is 88.1 Å². The summed E-state index contributed by atoms with van der Waals surface area (Å²) >= 11 is 0. The standard InChI is InChI=1S/C88H131N11O16/c1-24-68(82(106)93(17)47-73(100)94(18)69(43-52(2)3)79(103)92-74(56(10)11)85(109)95(19)70(44-53(4)5)78(102)89-60(16)87(111)114-50-62-37-29-26-30-38-62)91-80(104)76(77(101)58(14)48-113-49-61-35-27-25-28-36-61)99(23)86(110)75(57(12)13)98(22)84(108)72(46-55(8)9)97(21)83(107)71(45-54(6)7)96(20)81(105)59(15)90-88(112)115-51-67-65-41-33-31-39-63(65)64-40-32-34-42-66(64)67/h25-42,52-60,67-72,74-77,101H,24,43-51H2,1-23H3,(H,89,102)(H,90,112)(H,91,104)(H,92,103)/t58-,59-,60+,68+,69+,70+,71+,72+,74+,75+,76+,77-/m1/s1. The molecule has 5 rings (SSSR count). The van der Waals surface area contributed by atoms with Crippen LogP contribution in [-0.4, -0.2) is 246 Å². The van der Waals surface area contributed by atoms with Crippen LogP contribution in [0.5, 0.6) is 0 Å². The van der Waals surface area contributed by atoms with Crippen molar-refractivity contribution in [1.29, 1.82) is 0 Å². The summed E-state index contributed by atoms with van der Waals surface area (Å²) in [5, 5.41) is 23.5. The number of hydrogen-bond acceptors (Lipinski definition) is 16. The minimum Gasteiger partial charge on any atom is -0.459 e. The molecule has 12 atom stereocenters. The van der Waals surface area contributed by atoms with Crippen molar-refractivity contribution in [1.82, 2.24) is 55.6 Å². The quantitative estimate of drug-likeness (QED) is 0.0259. The first-order valence-electron chi connectivity index (χ1n) is 40.4. The van der Waals surface area contributed by atoms with Crippen molar-refractivity contribution < 1.29 is 76.9 Å².